The number of benzene rings is 1. The largest absolute Gasteiger partial charge is 0.506 e. The highest BCUT2D eigenvalue weighted by Crippen LogP contribution is 2.26. The summed E-state index contributed by atoms with van der Waals surface area (Å²) < 4.78 is 6.66. The van der Waals surface area contributed by atoms with Crippen LogP contribution < -0.4 is 10.5 Å². The van der Waals surface area contributed by atoms with Crippen molar-refractivity contribution in [2.75, 3.05) is 18.0 Å². The average molecular weight is 344 g/mol. The van der Waals surface area contributed by atoms with Crippen molar-refractivity contribution in [3.8, 4) is 0 Å². The van der Waals surface area contributed by atoms with Gasteiger partial charge in [-0.25, -0.2) is 4.79 Å². The quantitative estimate of drug-likeness (QED) is 0.816. The fraction of sp³-hybridized carbons (Fsp3) is 0.500. The van der Waals surface area contributed by atoms with Crippen molar-refractivity contribution in [3.05, 3.63) is 24.3 Å². The predicted octanol–water partition coefficient (Wildman–Crippen LogP) is 2.09. The van der Waals surface area contributed by atoms with Gasteiger partial charge >= 0.3 is 13.2 Å². The molecule has 0 amide bonds. The number of nitrogens with zero attached hydrogens (tertiary/aromatic N) is 2. The number of hydrogen-bond acceptors (Lipinski definition) is 5. The van der Waals surface area contributed by atoms with Gasteiger partial charge in [0.1, 0.15) is 5.60 Å². The monoisotopic (exact) mass is 344 g/mol. The van der Waals surface area contributed by atoms with Gasteiger partial charge in [-0.3, -0.25) is 4.57 Å². The lowest BCUT2D eigenvalue weighted by Crippen LogP contribution is -2.41. The van der Waals surface area contributed by atoms with Gasteiger partial charge in [0.15, 0.2) is 0 Å². The van der Waals surface area contributed by atoms with E-state index in [0.29, 0.717) is 5.52 Å². The molecule has 2 N–H and O–H groups in total. The lowest BCUT2D eigenvalue weighted by atomic mass is 9.86. The van der Waals surface area contributed by atoms with Crippen LogP contribution in [0.25, 0.3) is 10.9 Å². The Morgan fingerprint density at radius 2 is 1.80 bits per heavy atom. The lowest BCUT2D eigenvalue weighted by Gasteiger charge is -2.28. The smallest absolute Gasteiger partial charge is 0.443 e. The Kier molecular flexibility index (Phi) is 4.80. The van der Waals surface area contributed by atoms with Crippen molar-refractivity contribution in [1.82, 2.24) is 4.57 Å². The Balaban J connectivity index is 2.03. The number of fused-ring (bicyclic) bond motifs is 1. The molecular weight excluding hydrogens is 319 g/mol. The molecule has 1 aromatic heterocycles. The van der Waals surface area contributed by atoms with Gasteiger partial charge < -0.3 is 19.7 Å². The number of piperidine rings is 1. The summed E-state index contributed by atoms with van der Waals surface area (Å²) in [5.74, 6) is 0. The molecular formula is C18H25BN2O4. The molecule has 0 unspecified atom stereocenters. The first-order valence-electron chi connectivity index (χ1n) is 8.76. The maximum absolute atomic E-state index is 12.6. The van der Waals surface area contributed by atoms with E-state index in [0.717, 1.165) is 24.2 Å². The van der Waals surface area contributed by atoms with Crippen molar-refractivity contribution in [2.45, 2.75) is 45.6 Å². The van der Waals surface area contributed by atoms with Gasteiger partial charge in [0, 0.05) is 24.2 Å². The Morgan fingerprint density at radius 3 is 2.40 bits per heavy atom. The molecule has 0 aliphatic carbocycles. The highest BCUT2D eigenvalue weighted by molar-refractivity contribution is 6.59. The molecule has 2 aromatic rings. The van der Waals surface area contributed by atoms with E-state index in [4.69, 9.17) is 4.74 Å². The SMILES string of the molecule is CC(C)(C)OC(=O)n1c(B(O)O)cc2cc(N3CCCCC3)ccc21. The van der Waals surface area contributed by atoms with Crippen LogP contribution in [0, 0.1) is 0 Å². The number of ether oxygens (including phenoxy) is 1. The first-order valence-corrected chi connectivity index (χ1v) is 8.76. The molecule has 0 spiro atoms. The normalized spacial score (nSPS) is 15.5. The maximum atomic E-state index is 12.6. The highest BCUT2D eigenvalue weighted by atomic mass is 16.6. The van der Waals surface area contributed by atoms with E-state index >= 15 is 0 Å². The van der Waals surface area contributed by atoms with Gasteiger partial charge in [-0.1, -0.05) is 0 Å². The second kappa shape index (κ2) is 6.73. The van der Waals surface area contributed by atoms with E-state index in [2.05, 4.69) is 4.90 Å². The summed E-state index contributed by atoms with van der Waals surface area (Å²) in [7, 11) is -1.75. The van der Waals surface area contributed by atoms with Crippen molar-refractivity contribution in [1.29, 1.82) is 0 Å². The molecule has 0 saturated carbocycles. The van der Waals surface area contributed by atoms with Gasteiger partial charge in [-0.2, -0.15) is 0 Å². The molecule has 1 aliphatic rings. The van der Waals surface area contributed by atoms with E-state index < -0.39 is 18.8 Å². The van der Waals surface area contributed by atoms with Crippen LogP contribution in [-0.4, -0.2) is 46.5 Å². The van der Waals surface area contributed by atoms with Crippen LogP contribution in [0.4, 0.5) is 10.5 Å². The summed E-state index contributed by atoms with van der Waals surface area (Å²) in [4.78, 5) is 14.9. The Morgan fingerprint density at radius 1 is 1.12 bits per heavy atom. The summed E-state index contributed by atoms with van der Waals surface area (Å²) in [6, 6.07) is 7.45. The van der Waals surface area contributed by atoms with Crippen LogP contribution in [0.2, 0.25) is 0 Å². The van der Waals surface area contributed by atoms with Crippen LogP contribution in [-0.2, 0) is 4.74 Å². The van der Waals surface area contributed by atoms with Crippen molar-refractivity contribution in [2.24, 2.45) is 0 Å². The van der Waals surface area contributed by atoms with E-state index in [-0.39, 0.29) is 5.59 Å². The number of aromatic nitrogens is 1. The Hall–Kier alpha value is -1.99. The van der Waals surface area contributed by atoms with Crippen LogP contribution in [0.1, 0.15) is 40.0 Å². The summed E-state index contributed by atoms with van der Waals surface area (Å²) in [5, 5.41) is 20.2. The molecule has 6 nitrogen and oxygen atoms in total. The molecule has 1 saturated heterocycles. The lowest BCUT2D eigenvalue weighted by molar-refractivity contribution is 0.0547. The second-order valence-corrected chi connectivity index (χ2v) is 7.55. The Bertz CT molecular complexity index is 773. The first-order chi connectivity index (χ1) is 11.8. The van der Waals surface area contributed by atoms with Gasteiger partial charge in [0.25, 0.3) is 0 Å². The zero-order valence-electron chi connectivity index (χ0n) is 15.0. The third kappa shape index (κ3) is 3.83. The minimum Gasteiger partial charge on any atom is -0.443 e. The van der Waals surface area contributed by atoms with Crippen LogP contribution in [0.5, 0.6) is 0 Å². The summed E-state index contributed by atoms with van der Waals surface area (Å²) in [6.07, 6.45) is 3.00. The third-order valence-corrected chi connectivity index (χ3v) is 4.38. The molecule has 2 heterocycles. The number of anilines is 1. The molecule has 7 heteroatoms. The van der Waals surface area contributed by atoms with Crippen molar-refractivity contribution >= 4 is 35.4 Å². The van der Waals surface area contributed by atoms with Crippen LogP contribution >= 0.6 is 0 Å². The minimum atomic E-state index is -1.75. The number of carbonyl (C=O) groups excluding carboxylic acids is 1. The first kappa shape index (κ1) is 17.8. The molecule has 0 atom stereocenters. The summed E-state index contributed by atoms with van der Waals surface area (Å²) in [5.41, 5.74) is 1.14. The summed E-state index contributed by atoms with van der Waals surface area (Å²) >= 11 is 0. The number of rotatable bonds is 2. The van der Waals surface area contributed by atoms with Crippen LogP contribution in [0.15, 0.2) is 24.3 Å². The maximum Gasteiger partial charge on any atom is 0.506 e. The molecule has 25 heavy (non-hydrogen) atoms. The minimum absolute atomic E-state index is 0.111. The standard InChI is InChI=1S/C18H25BN2O4/c1-18(2,3)25-17(22)21-15-8-7-14(20-9-5-4-6-10-20)11-13(15)12-16(21)19(23)24/h7-8,11-12,23-24H,4-6,9-10H2,1-3H3. The number of hydrogen-bond donors (Lipinski definition) is 2. The molecule has 3 rings (SSSR count). The van der Waals surface area contributed by atoms with Crippen molar-refractivity contribution < 1.29 is 19.6 Å². The highest BCUT2D eigenvalue weighted by Gasteiger charge is 2.27. The molecule has 0 bridgehead atoms. The van der Waals surface area contributed by atoms with Crippen LogP contribution in [0.3, 0.4) is 0 Å². The van der Waals surface area contributed by atoms with E-state index in [1.165, 1.54) is 23.8 Å². The van der Waals surface area contributed by atoms with E-state index in [1.807, 2.05) is 18.2 Å². The van der Waals surface area contributed by atoms with Gasteiger partial charge in [-0.05, 0) is 64.3 Å². The van der Waals surface area contributed by atoms with Gasteiger partial charge in [-0.15, -0.1) is 0 Å². The third-order valence-electron chi connectivity index (χ3n) is 4.38. The molecule has 1 fully saturated rings. The molecule has 1 aromatic carbocycles. The Labute approximate surface area is 148 Å². The summed E-state index contributed by atoms with van der Waals surface area (Å²) in [6.45, 7) is 7.38. The van der Waals surface area contributed by atoms with Crippen molar-refractivity contribution in [3.63, 3.8) is 0 Å². The topological polar surface area (TPSA) is 74.9 Å². The molecule has 134 valence electrons. The molecule has 1 aliphatic heterocycles. The predicted molar refractivity (Wildman–Crippen MR) is 99.5 cm³/mol. The zero-order chi connectivity index (χ0) is 18.2. The fourth-order valence-corrected chi connectivity index (χ4v) is 3.27. The van der Waals surface area contributed by atoms with E-state index in [9.17, 15) is 14.8 Å². The van der Waals surface area contributed by atoms with Gasteiger partial charge in [0.05, 0.1) is 11.1 Å². The average Bonchev–Trinajstić information content (AvgIpc) is 2.93. The van der Waals surface area contributed by atoms with Gasteiger partial charge in [0.2, 0.25) is 0 Å². The molecule has 0 radical (unpaired) electrons. The second-order valence-electron chi connectivity index (χ2n) is 7.55. The van der Waals surface area contributed by atoms with E-state index in [1.54, 1.807) is 26.8 Å². The zero-order valence-corrected chi connectivity index (χ0v) is 15.0. The fourth-order valence-electron chi connectivity index (χ4n) is 3.27. The number of carbonyl (C=O) groups is 1.